The Morgan fingerprint density at radius 1 is 1.22 bits per heavy atom. The first-order valence-corrected chi connectivity index (χ1v) is 5.59. The maximum absolute atomic E-state index is 11.4. The molecule has 0 radical (unpaired) electrons. The molecule has 0 saturated carbocycles. The first-order valence-electron chi connectivity index (χ1n) is 4.80. The van der Waals surface area contributed by atoms with Crippen LogP contribution >= 0.6 is 28.3 Å². The van der Waals surface area contributed by atoms with E-state index in [1.54, 1.807) is 12.1 Å². The molecule has 18 heavy (non-hydrogen) atoms. The number of hydrogen-bond acceptors (Lipinski definition) is 5. The van der Waals surface area contributed by atoms with Gasteiger partial charge < -0.3 is 19.9 Å². The number of esters is 1. The number of rotatable bonds is 4. The molecule has 0 spiro atoms. The highest BCUT2D eigenvalue weighted by Crippen LogP contribution is 2.37. The quantitative estimate of drug-likeness (QED) is 0.850. The van der Waals surface area contributed by atoms with Gasteiger partial charge in [-0.3, -0.25) is 4.79 Å². The fourth-order valence-electron chi connectivity index (χ4n) is 1.33. The fraction of sp³-hybridized carbons (Fsp3) is 0.364. The lowest BCUT2D eigenvalue weighted by Crippen LogP contribution is -2.22. The number of carbonyl (C=O) groups excluding carboxylic acids is 1. The minimum absolute atomic E-state index is 0. The van der Waals surface area contributed by atoms with Crippen molar-refractivity contribution in [3.8, 4) is 11.5 Å². The van der Waals surface area contributed by atoms with Gasteiger partial charge in [-0.2, -0.15) is 0 Å². The molecule has 0 aromatic heterocycles. The Kier molecular flexibility index (Phi) is 7.05. The Hall–Kier alpha value is -0.980. The summed E-state index contributed by atoms with van der Waals surface area (Å²) in [5.74, 6) is 0.564. The molecule has 5 nitrogen and oxygen atoms in total. The number of halogens is 2. The molecule has 0 aliphatic rings. The predicted octanol–water partition coefficient (Wildman–Crippen LogP) is 2.06. The largest absolute Gasteiger partial charge is 0.495 e. The maximum Gasteiger partial charge on any atom is 0.327 e. The second kappa shape index (κ2) is 7.45. The summed E-state index contributed by atoms with van der Waals surface area (Å²) < 4.78 is 15.6. The minimum atomic E-state index is -0.865. The molecular formula is C11H15BrClNO4. The molecule has 0 amide bonds. The Morgan fingerprint density at radius 3 is 2.00 bits per heavy atom. The van der Waals surface area contributed by atoms with Gasteiger partial charge in [0.1, 0.15) is 22.0 Å². The summed E-state index contributed by atoms with van der Waals surface area (Å²) in [6, 6.07) is 2.46. The van der Waals surface area contributed by atoms with Crippen LogP contribution in [0.3, 0.4) is 0 Å². The predicted molar refractivity (Wildman–Crippen MR) is 73.4 cm³/mol. The van der Waals surface area contributed by atoms with E-state index in [4.69, 9.17) is 15.2 Å². The Labute approximate surface area is 120 Å². The molecule has 1 atom stereocenters. The molecule has 0 aliphatic carbocycles. The van der Waals surface area contributed by atoms with Gasteiger partial charge in [0.25, 0.3) is 0 Å². The van der Waals surface area contributed by atoms with Crippen molar-refractivity contribution in [3.63, 3.8) is 0 Å². The van der Waals surface area contributed by atoms with E-state index >= 15 is 0 Å². The van der Waals surface area contributed by atoms with Crippen LogP contribution in [-0.4, -0.2) is 27.3 Å². The normalized spacial score (nSPS) is 11.2. The molecule has 0 fully saturated rings. The van der Waals surface area contributed by atoms with Gasteiger partial charge in [0, 0.05) is 0 Å². The van der Waals surface area contributed by atoms with Gasteiger partial charge in [0.2, 0.25) is 0 Å². The van der Waals surface area contributed by atoms with Crippen LogP contribution in [0.4, 0.5) is 0 Å². The highest BCUT2D eigenvalue weighted by atomic mass is 79.9. The van der Waals surface area contributed by atoms with E-state index in [0.29, 0.717) is 21.5 Å². The highest BCUT2D eigenvalue weighted by Gasteiger charge is 2.20. The Morgan fingerprint density at radius 2 is 1.67 bits per heavy atom. The average Bonchev–Trinajstić information content (AvgIpc) is 2.37. The molecular weight excluding hydrogens is 325 g/mol. The summed E-state index contributed by atoms with van der Waals surface area (Å²) in [4.78, 5) is 11.4. The van der Waals surface area contributed by atoms with Crippen molar-refractivity contribution in [1.82, 2.24) is 0 Å². The maximum atomic E-state index is 11.4. The standard InChI is InChI=1S/C11H14BrNO4.ClH/c1-15-7-4-6(10(13)11(14)17-3)5-8(16-2)9(7)12;/h4-5,10H,13H2,1-3H3;1H/t10-;/m0./s1. The summed E-state index contributed by atoms with van der Waals surface area (Å²) in [5, 5.41) is 0. The van der Waals surface area contributed by atoms with Crippen molar-refractivity contribution in [1.29, 1.82) is 0 Å². The molecule has 1 aromatic rings. The van der Waals surface area contributed by atoms with Crippen LogP contribution in [0.5, 0.6) is 11.5 Å². The topological polar surface area (TPSA) is 70.8 Å². The zero-order valence-electron chi connectivity index (χ0n) is 10.2. The van der Waals surface area contributed by atoms with Gasteiger partial charge in [0.15, 0.2) is 0 Å². The summed E-state index contributed by atoms with van der Waals surface area (Å²) in [6.45, 7) is 0. The highest BCUT2D eigenvalue weighted by molar-refractivity contribution is 9.10. The summed E-state index contributed by atoms with van der Waals surface area (Å²) in [6.07, 6.45) is 0. The van der Waals surface area contributed by atoms with E-state index in [1.165, 1.54) is 21.3 Å². The van der Waals surface area contributed by atoms with Crippen molar-refractivity contribution in [2.24, 2.45) is 5.73 Å². The van der Waals surface area contributed by atoms with Gasteiger partial charge >= 0.3 is 5.97 Å². The lowest BCUT2D eigenvalue weighted by atomic mass is 10.1. The van der Waals surface area contributed by atoms with E-state index < -0.39 is 12.0 Å². The third-order valence-corrected chi connectivity index (χ3v) is 3.06. The van der Waals surface area contributed by atoms with Crippen LogP contribution in [-0.2, 0) is 9.53 Å². The number of methoxy groups -OCH3 is 3. The summed E-state index contributed by atoms with van der Waals surface area (Å²) in [7, 11) is 4.33. The third-order valence-electron chi connectivity index (χ3n) is 2.28. The van der Waals surface area contributed by atoms with E-state index in [0.717, 1.165) is 0 Å². The van der Waals surface area contributed by atoms with Gasteiger partial charge in [-0.05, 0) is 33.6 Å². The zero-order valence-corrected chi connectivity index (χ0v) is 12.6. The summed E-state index contributed by atoms with van der Waals surface area (Å²) in [5.41, 5.74) is 6.31. The summed E-state index contributed by atoms with van der Waals surface area (Å²) >= 11 is 3.33. The van der Waals surface area contributed by atoms with E-state index in [9.17, 15) is 4.79 Å². The Bertz CT molecular complexity index is 402. The van der Waals surface area contributed by atoms with Gasteiger partial charge in [0.05, 0.1) is 21.3 Å². The molecule has 0 heterocycles. The average molecular weight is 341 g/mol. The van der Waals surface area contributed by atoms with Gasteiger partial charge in [-0.15, -0.1) is 12.4 Å². The van der Waals surface area contributed by atoms with Crippen LogP contribution in [0.1, 0.15) is 11.6 Å². The van der Waals surface area contributed by atoms with E-state index in [-0.39, 0.29) is 12.4 Å². The van der Waals surface area contributed by atoms with Crippen molar-refractivity contribution in [3.05, 3.63) is 22.2 Å². The van der Waals surface area contributed by atoms with Crippen molar-refractivity contribution in [2.75, 3.05) is 21.3 Å². The number of nitrogens with two attached hydrogens (primary N) is 1. The molecule has 0 unspecified atom stereocenters. The lowest BCUT2D eigenvalue weighted by Gasteiger charge is -2.14. The van der Waals surface area contributed by atoms with Crippen LogP contribution in [0.15, 0.2) is 16.6 Å². The molecule has 0 aliphatic heterocycles. The second-order valence-corrected chi connectivity index (χ2v) is 4.03. The van der Waals surface area contributed by atoms with E-state index in [1.807, 2.05) is 0 Å². The number of ether oxygens (including phenoxy) is 3. The number of benzene rings is 1. The smallest absolute Gasteiger partial charge is 0.327 e. The number of carbonyl (C=O) groups is 1. The first-order chi connectivity index (χ1) is 8.04. The molecule has 7 heteroatoms. The fourth-order valence-corrected chi connectivity index (χ4v) is 1.88. The van der Waals surface area contributed by atoms with Crippen LogP contribution in [0.25, 0.3) is 0 Å². The molecule has 1 rings (SSSR count). The van der Waals surface area contributed by atoms with Crippen LogP contribution in [0, 0.1) is 0 Å². The minimum Gasteiger partial charge on any atom is -0.495 e. The molecule has 102 valence electrons. The van der Waals surface area contributed by atoms with Crippen LogP contribution < -0.4 is 15.2 Å². The molecule has 0 saturated heterocycles. The van der Waals surface area contributed by atoms with Crippen molar-refractivity contribution in [2.45, 2.75) is 6.04 Å². The molecule has 1 aromatic carbocycles. The molecule has 2 N–H and O–H groups in total. The third kappa shape index (κ3) is 3.51. The number of hydrogen-bond donors (Lipinski definition) is 1. The lowest BCUT2D eigenvalue weighted by molar-refractivity contribution is -0.142. The zero-order chi connectivity index (χ0) is 13.0. The van der Waals surface area contributed by atoms with Gasteiger partial charge in [-0.25, -0.2) is 0 Å². The van der Waals surface area contributed by atoms with Gasteiger partial charge in [-0.1, -0.05) is 0 Å². The SMILES string of the molecule is COC(=O)[C@@H](N)c1cc(OC)c(Br)c(OC)c1.Cl. The monoisotopic (exact) mass is 339 g/mol. The van der Waals surface area contributed by atoms with E-state index in [2.05, 4.69) is 20.7 Å². The molecule has 0 bridgehead atoms. The first kappa shape index (κ1) is 17.0. The van der Waals surface area contributed by atoms with Crippen LogP contribution in [0.2, 0.25) is 0 Å². The second-order valence-electron chi connectivity index (χ2n) is 3.24. The van der Waals surface area contributed by atoms with Crippen molar-refractivity contribution < 1.29 is 19.0 Å². The van der Waals surface area contributed by atoms with Crippen molar-refractivity contribution >= 4 is 34.3 Å². The Balaban J connectivity index is 0.00000289.